The molecule has 0 amide bonds. The highest BCUT2D eigenvalue weighted by Gasteiger charge is 2.29. The quantitative estimate of drug-likeness (QED) is 0.880. The number of halogens is 1. The number of rotatable bonds is 4. The van der Waals surface area contributed by atoms with Crippen molar-refractivity contribution in [1.82, 2.24) is 5.32 Å². The Labute approximate surface area is 114 Å². The lowest BCUT2D eigenvalue weighted by Crippen LogP contribution is -2.42. The van der Waals surface area contributed by atoms with Crippen LogP contribution in [0.1, 0.15) is 25.0 Å². The van der Waals surface area contributed by atoms with Gasteiger partial charge < -0.3 is 19.9 Å². The predicted molar refractivity (Wildman–Crippen MR) is 72.8 cm³/mol. The normalized spacial score (nSPS) is 21.5. The molecule has 0 radical (unpaired) electrons. The summed E-state index contributed by atoms with van der Waals surface area (Å²) in [5.41, 5.74) is 0.796. The lowest BCUT2D eigenvalue weighted by Gasteiger charge is -2.31. The van der Waals surface area contributed by atoms with Crippen molar-refractivity contribution < 1.29 is 14.6 Å². The maximum Gasteiger partial charge on any atom is 0.125 e. The zero-order valence-electron chi connectivity index (χ0n) is 10.7. The van der Waals surface area contributed by atoms with E-state index in [1.165, 1.54) is 0 Å². The van der Waals surface area contributed by atoms with E-state index in [0.29, 0.717) is 6.61 Å². The molecular formula is C13H20ClNO3. The number of ether oxygens (including phenoxy) is 2. The largest absolute Gasteiger partial charge is 0.497 e. The Morgan fingerprint density at radius 2 is 2.28 bits per heavy atom. The van der Waals surface area contributed by atoms with Crippen molar-refractivity contribution in [3.05, 3.63) is 23.8 Å². The van der Waals surface area contributed by atoms with E-state index in [9.17, 15) is 5.11 Å². The molecule has 0 unspecified atom stereocenters. The molecule has 1 aromatic rings. The first kappa shape index (κ1) is 15.1. The standard InChI is InChI=1S/C13H19NO3.ClH/c1-3-6-14-11-8-17-12-5-4-9(16-2)7-10(12)13(11)15;/h4-5,7,11,13-15H,3,6,8H2,1-2H3;1H/t11-,13-;/m1./s1. The summed E-state index contributed by atoms with van der Waals surface area (Å²) in [7, 11) is 1.62. The van der Waals surface area contributed by atoms with Crippen molar-refractivity contribution in [3.63, 3.8) is 0 Å². The van der Waals surface area contributed by atoms with Gasteiger partial charge in [0.25, 0.3) is 0 Å². The zero-order valence-corrected chi connectivity index (χ0v) is 11.5. The van der Waals surface area contributed by atoms with Crippen LogP contribution in [0.2, 0.25) is 0 Å². The highest BCUT2D eigenvalue weighted by Crippen LogP contribution is 2.34. The lowest BCUT2D eigenvalue weighted by molar-refractivity contribution is 0.0735. The molecule has 1 aliphatic rings. The van der Waals surface area contributed by atoms with E-state index in [4.69, 9.17) is 9.47 Å². The molecule has 0 spiro atoms. The van der Waals surface area contributed by atoms with Crippen molar-refractivity contribution in [1.29, 1.82) is 0 Å². The second-order valence-corrected chi connectivity index (χ2v) is 4.22. The molecule has 1 aliphatic heterocycles. The van der Waals surface area contributed by atoms with Crippen molar-refractivity contribution >= 4 is 12.4 Å². The summed E-state index contributed by atoms with van der Waals surface area (Å²) in [5, 5.41) is 13.6. The van der Waals surface area contributed by atoms with Crippen LogP contribution in [-0.4, -0.2) is 31.4 Å². The summed E-state index contributed by atoms with van der Waals surface area (Å²) in [4.78, 5) is 0. The van der Waals surface area contributed by atoms with Crippen LogP contribution in [0.4, 0.5) is 0 Å². The zero-order chi connectivity index (χ0) is 12.3. The summed E-state index contributed by atoms with van der Waals surface area (Å²) in [5.74, 6) is 1.48. The highest BCUT2D eigenvalue weighted by molar-refractivity contribution is 5.85. The van der Waals surface area contributed by atoms with Crippen LogP contribution < -0.4 is 14.8 Å². The van der Waals surface area contributed by atoms with Gasteiger partial charge in [-0.25, -0.2) is 0 Å². The summed E-state index contributed by atoms with van der Waals surface area (Å²) in [6, 6.07) is 5.47. The molecule has 102 valence electrons. The van der Waals surface area contributed by atoms with E-state index < -0.39 is 6.10 Å². The third-order valence-electron chi connectivity index (χ3n) is 2.99. The van der Waals surface area contributed by atoms with E-state index in [-0.39, 0.29) is 18.4 Å². The molecule has 5 heteroatoms. The molecule has 1 aromatic carbocycles. The fourth-order valence-electron chi connectivity index (χ4n) is 2.00. The van der Waals surface area contributed by atoms with Gasteiger partial charge >= 0.3 is 0 Å². The highest BCUT2D eigenvalue weighted by atomic mass is 35.5. The minimum absolute atomic E-state index is 0. The topological polar surface area (TPSA) is 50.7 Å². The molecule has 1 heterocycles. The van der Waals surface area contributed by atoms with Gasteiger partial charge in [-0.2, -0.15) is 0 Å². The van der Waals surface area contributed by atoms with Gasteiger partial charge in [0.05, 0.1) is 13.2 Å². The number of fused-ring (bicyclic) bond motifs is 1. The molecular weight excluding hydrogens is 254 g/mol. The molecule has 0 saturated carbocycles. The number of benzene rings is 1. The summed E-state index contributed by atoms with van der Waals surface area (Å²) in [6.45, 7) is 3.48. The molecule has 0 aliphatic carbocycles. The van der Waals surface area contributed by atoms with Gasteiger partial charge in [-0.1, -0.05) is 6.92 Å². The van der Waals surface area contributed by atoms with Gasteiger partial charge in [-0.3, -0.25) is 0 Å². The Bertz CT molecular complexity index is 386. The van der Waals surface area contributed by atoms with Gasteiger partial charge in [0.1, 0.15) is 24.2 Å². The number of methoxy groups -OCH3 is 1. The van der Waals surface area contributed by atoms with Crippen LogP contribution in [0.25, 0.3) is 0 Å². The summed E-state index contributed by atoms with van der Waals surface area (Å²) < 4.78 is 10.8. The van der Waals surface area contributed by atoms with E-state index in [1.807, 2.05) is 18.2 Å². The molecule has 0 bridgehead atoms. The number of aliphatic hydroxyl groups excluding tert-OH is 1. The minimum atomic E-state index is -0.541. The van der Waals surface area contributed by atoms with Crippen molar-refractivity contribution in [2.45, 2.75) is 25.5 Å². The third kappa shape index (κ3) is 3.07. The first-order chi connectivity index (χ1) is 8.26. The average molecular weight is 274 g/mol. The second-order valence-electron chi connectivity index (χ2n) is 4.22. The van der Waals surface area contributed by atoms with Crippen molar-refractivity contribution in [2.75, 3.05) is 20.3 Å². The number of hydrogen-bond donors (Lipinski definition) is 2. The van der Waals surface area contributed by atoms with Gasteiger partial charge in [0.2, 0.25) is 0 Å². The van der Waals surface area contributed by atoms with Crippen LogP contribution >= 0.6 is 12.4 Å². The first-order valence-electron chi connectivity index (χ1n) is 5.98. The van der Waals surface area contributed by atoms with Gasteiger partial charge in [-0.05, 0) is 31.2 Å². The molecule has 0 fully saturated rings. The molecule has 18 heavy (non-hydrogen) atoms. The fourth-order valence-corrected chi connectivity index (χ4v) is 2.00. The van der Waals surface area contributed by atoms with Crippen LogP contribution in [0, 0.1) is 0 Å². The van der Waals surface area contributed by atoms with Crippen molar-refractivity contribution in [3.8, 4) is 11.5 Å². The molecule has 2 atom stereocenters. The first-order valence-corrected chi connectivity index (χ1v) is 5.98. The van der Waals surface area contributed by atoms with Crippen LogP contribution in [-0.2, 0) is 0 Å². The predicted octanol–water partition coefficient (Wildman–Crippen LogP) is 1.91. The maximum atomic E-state index is 10.3. The average Bonchev–Trinajstić information content (AvgIpc) is 2.38. The van der Waals surface area contributed by atoms with Gasteiger partial charge in [0, 0.05) is 5.56 Å². The summed E-state index contributed by atoms with van der Waals surface area (Å²) in [6.07, 6.45) is 0.495. The van der Waals surface area contributed by atoms with E-state index in [1.54, 1.807) is 7.11 Å². The molecule has 2 N–H and O–H groups in total. The molecule has 0 aromatic heterocycles. The van der Waals surface area contributed by atoms with E-state index in [0.717, 1.165) is 30.0 Å². The lowest BCUT2D eigenvalue weighted by atomic mass is 9.99. The molecule has 4 nitrogen and oxygen atoms in total. The van der Waals surface area contributed by atoms with Crippen LogP contribution in [0.15, 0.2) is 18.2 Å². The Morgan fingerprint density at radius 1 is 1.50 bits per heavy atom. The number of nitrogens with one attached hydrogen (secondary N) is 1. The smallest absolute Gasteiger partial charge is 0.125 e. The SMILES string of the molecule is CCCN[C@@H]1COc2ccc(OC)cc2[C@H]1O.Cl. The van der Waals surface area contributed by atoms with Crippen molar-refractivity contribution in [2.24, 2.45) is 0 Å². The van der Waals surface area contributed by atoms with Gasteiger partial charge in [0.15, 0.2) is 0 Å². The fraction of sp³-hybridized carbons (Fsp3) is 0.538. The third-order valence-corrected chi connectivity index (χ3v) is 2.99. The maximum absolute atomic E-state index is 10.3. The monoisotopic (exact) mass is 273 g/mol. The minimum Gasteiger partial charge on any atom is -0.497 e. The molecule has 2 rings (SSSR count). The molecule has 0 saturated heterocycles. The Balaban J connectivity index is 0.00000162. The number of aliphatic hydroxyl groups is 1. The van der Waals surface area contributed by atoms with Crippen LogP contribution in [0.3, 0.4) is 0 Å². The Hall–Kier alpha value is -0.970. The number of hydrogen-bond acceptors (Lipinski definition) is 4. The summed E-state index contributed by atoms with van der Waals surface area (Å²) >= 11 is 0. The Morgan fingerprint density at radius 3 is 2.94 bits per heavy atom. The second kappa shape index (κ2) is 6.83. The van der Waals surface area contributed by atoms with Gasteiger partial charge in [-0.15, -0.1) is 12.4 Å². The Kier molecular flexibility index (Phi) is 5.72. The van der Waals surface area contributed by atoms with E-state index in [2.05, 4.69) is 12.2 Å². The van der Waals surface area contributed by atoms with E-state index >= 15 is 0 Å². The van der Waals surface area contributed by atoms with Crippen LogP contribution in [0.5, 0.6) is 11.5 Å².